The van der Waals surface area contributed by atoms with Gasteiger partial charge in [-0.3, -0.25) is 0 Å². The molecule has 0 atom stereocenters. The van der Waals surface area contributed by atoms with Gasteiger partial charge in [0.2, 0.25) is 5.89 Å². The van der Waals surface area contributed by atoms with Crippen molar-refractivity contribution in [2.75, 3.05) is 4.90 Å². The molecule has 0 fully saturated rings. The smallest absolute Gasteiger partial charge is 0.227 e. The van der Waals surface area contributed by atoms with Crippen molar-refractivity contribution in [2.24, 2.45) is 0 Å². The Balaban J connectivity index is 0.996. The van der Waals surface area contributed by atoms with Crippen LogP contribution in [-0.2, 0) is 0 Å². The molecule has 0 bridgehead atoms. The molecule has 0 unspecified atom stereocenters. The fraction of sp³-hybridized carbons (Fsp3) is 0. The Kier molecular flexibility index (Phi) is 7.78. The monoisotopic (exact) mass is 729 g/mol. The van der Waals surface area contributed by atoms with Gasteiger partial charge in [-0.1, -0.05) is 127 Å². The maximum Gasteiger partial charge on any atom is 0.227 e. The first-order valence-corrected chi connectivity index (χ1v) is 19.3. The molecule has 0 N–H and O–H groups in total. The van der Waals surface area contributed by atoms with E-state index in [4.69, 9.17) is 9.40 Å². The van der Waals surface area contributed by atoms with Gasteiger partial charge >= 0.3 is 0 Å². The Morgan fingerprint density at radius 2 is 0.930 bits per heavy atom. The summed E-state index contributed by atoms with van der Waals surface area (Å²) in [7, 11) is 0. The maximum absolute atomic E-state index is 6.40. The van der Waals surface area contributed by atoms with Gasteiger partial charge in [-0.2, -0.15) is 0 Å². The number of rotatable bonds is 7. The molecular formula is C53H35N3O. The lowest BCUT2D eigenvalue weighted by Crippen LogP contribution is -2.10. The van der Waals surface area contributed by atoms with Crippen molar-refractivity contribution in [3.05, 3.63) is 212 Å². The molecule has 9 aromatic carbocycles. The van der Waals surface area contributed by atoms with Crippen molar-refractivity contribution in [1.29, 1.82) is 0 Å². The number of benzene rings is 9. The van der Waals surface area contributed by atoms with Gasteiger partial charge in [0.05, 0.1) is 11.0 Å². The molecule has 0 aliphatic rings. The third-order valence-electron chi connectivity index (χ3n) is 11.0. The van der Waals surface area contributed by atoms with E-state index in [0.29, 0.717) is 5.89 Å². The zero-order valence-corrected chi connectivity index (χ0v) is 31.0. The summed E-state index contributed by atoms with van der Waals surface area (Å²) in [5.74, 6) is 0.632. The summed E-state index contributed by atoms with van der Waals surface area (Å²) in [6, 6.07) is 75.3. The Morgan fingerprint density at radius 1 is 0.386 bits per heavy atom. The van der Waals surface area contributed by atoms with E-state index in [9.17, 15) is 0 Å². The van der Waals surface area contributed by atoms with E-state index in [0.717, 1.165) is 61.3 Å². The Hall–Kier alpha value is -7.69. The zero-order chi connectivity index (χ0) is 37.7. The Morgan fingerprint density at radius 3 is 1.63 bits per heavy atom. The van der Waals surface area contributed by atoms with E-state index < -0.39 is 0 Å². The third-order valence-corrected chi connectivity index (χ3v) is 11.0. The van der Waals surface area contributed by atoms with Crippen LogP contribution >= 0.6 is 0 Å². The molecule has 11 aromatic rings. The van der Waals surface area contributed by atoms with Gasteiger partial charge in [0, 0.05) is 44.5 Å². The normalized spacial score (nSPS) is 11.5. The molecule has 0 spiro atoms. The lowest BCUT2D eigenvalue weighted by atomic mass is 10.00. The van der Waals surface area contributed by atoms with Gasteiger partial charge in [0.1, 0.15) is 5.52 Å². The van der Waals surface area contributed by atoms with Crippen LogP contribution in [0.2, 0.25) is 0 Å². The van der Waals surface area contributed by atoms with Crippen LogP contribution in [0.25, 0.3) is 83.1 Å². The second-order valence-electron chi connectivity index (χ2n) is 14.4. The van der Waals surface area contributed by atoms with Crippen LogP contribution in [0.3, 0.4) is 0 Å². The van der Waals surface area contributed by atoms with E-state index in [1.807, 2.05) is 36.4 Å². The van der Waals surface area contributed by atoms with E-state index in [2.05, 4.69) is 185 Å². The van der Waals surface area contributed by atoms with Gasteiger partial charge in [-0.05, 0) is 113 Å². The minimum Gasteiger partial charge on any atom is -0.435 e. The summed E-state index contributed by atoms with van der Waals surface area (Å²) >= 11 is 0. The molecule has 0 saturated carbocycles. The fourth-order valence-electron chi connectivity index (χ4n) is 8.25. The first kappa shape index (κ1) is 32.7. The predicted octanol–water partition coefficient (Wildman–Crippen LogP) is 14.5. The third kappa shape index (κ3) is 5.74. The summed E-state index contributed by atoms with van der Waals surface area (Å²) in [6.45, 7) is 0. The quantitative estimate of drug-likeness (QED) is 0.164. The van der Waals surface area contributed by atoms with Crippen LogP contribution in [0.5, 0.6) is 0 Å². The van der Waals surface area contributed by atoms with Gasteiger partial charge in [0.25, 0.3) is 0 Å². The minimum absolute atomic E-state index is 0.632. The van der Waals surface area contributed by atoms with Crippen LogP contribution in [0.4, 0.5) is 17.1 Å². The topological polar surface area (TPSA) is 34.2 Å². The van der Waals surface area contributed by atoms with E-state index in [1.165, 1.54) is 32.9 Å². The average Bonchev–Trinajstić information content (AvgIpc) is 3.88. The standard InChI is InChI=1S/C53H35N3O/c1-3-12-36(13-4-1)40-16-11-17-45(34-40)55(43-29-31-44(32-30-43)56-50-20-9-7-18-46(50)47-19-8-10-21-51(47)56)42-27-24-37(25-28-42)41-23-22-38-26-33-49-52(48(38)35-41)57-53(54-49)39-14-5-2-6-15-39/h1-35H. The number of aromatic nitrogens is 2. The first-order chi connectivity index (χ1) is 28.2. The van der Waals surface area contributed by atoms with Crippen molar-refractivity contribution in [3.63, 3.8) is 0 Å². The molecule has 0 aliphatic heterocycles. The van der Waals surface area contributed by atoms with Crippen LogP contribution in [0, 0.1) is 0 Å². The number of anilines is 3. The second-order valence-corrected chi connectivity index (χ2v) is 14.4. The summed E-state index contributed by atoms with van der Waals surface area (Å²) in [5, 5.41) is 4.68. The average molecular weight is 730 g/mol. The van der Waals surface area contributed by atoms with E-state index >= 15 is 0 Å². The SMILES string of the molecule is c1ccc(-c2cccc(N(c3ccc(-c4ccc5ccc6nc(-c7ccccc7)oc6c5c4)cc3)c3ccc(-n4c5ccccc5c5ccccc54)cc3)c2)cc1. The Bertz CT molecular complexity index is 3160. The van der Waals surface area contributed by atoms with Crippen molar-refractivity contribution < 1.29 is 4.42 Å². The van der Waals surface area contributed by atoms with Crippen LogP contribution < -0.4 is 4.90 Å². The van der Waals surface area contributed by atoms with Crippen molar-refractivity contribution in [2.45, 2.75) is 0 Å². The lowest BCUT2D eigenvalue weighted by Gasteiger charge is -2.26. The van der Waals surface area contributed by atoms with Crippen LogP contribution in [-0.4, -0.2) is 9.55 Å². The van der Waals surface area contributed by atoms with Crippen LogP contribution in [0.15, 0.2) is 217 Å². The first-order valence-electron chi connectivity index (χ1n) is 19.3. The maximum atomic E-state index is 6.40. The number of oxazole rings is 1. The van der Waals surface area contributed by atoms with Gasteiger partial charge < -0.3 is 13.9 Å². The minimum atomic E-state index is 0.632. The number of para-hydroxylation sites is 2. The number of hydrogen-bond acceptors (Lipinski definition) is 3. The van der Waals surface area contributed by atoms with E-state index in [1.54, 1.807) is 0 Å². The summed E-state index contributed by atoms with van der Waals surface area (Å²) < 4.78 is 8.77. The highest BCUT2D eigenvalue weighted by atomic mass is 16.3. The molecule has 11 rings (SSSR count). The van der Waals surface area contributed by atoms with Crippen LogP contribution in [0.1, 0.15) is 0 Å². The highest BCUT2D eigenvalue weighted by molar-refractivity contribution is 6.09. The highest BCUT2D eigenvalue weighted by Gasteiger charge is 2.17. The van der Waals surface area contributed by atoms with Crippen molar-refractivity contribution in [1.82, 2.24) is 9.55 Å². The summed E-state index contributed by atoms with van der Waals surface area (Å²) in [5.41, 5.74) is 14.0. The molecule has 57 heavy (non-hydrogen) atoms. The van der Waals surface area contributed by atoms with Gasteiger partial charge in [-0.25, -0.2) is 4.98 Å². The number of fused-ring (bicyclic) bond motifs is 6. The van der Waals surface area contributed by atoms with E-state index in [-0.39, 0.29) is 0 Å². The molecule has 2 heterocycles. The fourth-order valence-corrected chi connectivity index (χ4v) is 8.25. The van der Waals surface area contributed by atoms with Crippen molar-refractivity contribution >= 4 is 60.7 Å². The predicted molar refractivity (Wildman–Crippen MR) is 237 cm³/mol. The molecule has 268 valence electrons. The zero-order valence-electron chi connectivity index (χ0n) is 31.0. The lowest BCUT2D eigenvalue weighted by molar-refractivity contribution is 0.623. The molecular weight excluding hydrogens is 695 g/mol. The highest BCUT2D eigenvalue weighted by Crippen LogP contribution is 2.40. The summed E-state index contributed by atoms with van der Waals surface area (Å²) in [6.07, 6.45) is 0. The molecule has 0 amide bonds. The number of nitrogens with zero attached hydrogens (tertiary/aromatic N) is 3. The molecule has 2 aromatic heterocycles. The van der Waals surface area contributed by atoms with Gasteiger partial charge in [-0.15, -0.1) is 0 Å². The Labute approximate surface area is 330 Å². The van der Waals surface area contributed by atoms with Gasteiger partial charge in [0.15, 0.2) is 5.58 Å². The molecule has 4 nitrogen and oxygen atoms in total. The molecule has 0 saturated heterocycles. The second kappa shape index (κ2) is 13.6. The molecule has 4 heteroatoms. The van der Waals surface area contributed by atoms with Crippen molar-refractivity contribution in [3.8, 4) is 39.4 Å². The molecule has 0 radical (unpaired) electrons. The molecule has 0 aliphatic carbocycles. The number of hydrogen-bond donors (Lipinski definition) is 0. The summed E-state index contributed by atoms with van der Waals surface area (Å²) in [4.78, 5) is 7.17. The largest absolute Gasteiger partial charge is 0.435 e.